The first-order valence-corrected chi connectivity index (χ1v) is 11.1. The van der Waals surface area contributed by atoms with Gasteiger partial charge in [0.05, 0.1) is 0 Å². The highest BCUT2D eigenvalue weighted by atomic mass is 35.5. The van der Waals surface area contributed by atoms with Gasteiger partial charge in [0.1, 0.15) is 6.04 Å². The number of carbonyl (C=O) groups is 3. The number of anilines is 1. The Morgan fingerprint density at radius 3 is 2.61 bits per heavy atom. The number of benzene rings is 2. The molecule has 10 heteroatoms. The Morgan fingerprint density at radius 1 is 1.13 bits per heavy atom. The maximum absolute atomic E-state index is 12.5. The molecule has 0 bridgehead atoms. The molecule has 2 aromatic carbocycles. The van der Waals surface area contributed by atoms with Gasteiger partial charge in [0.2, 0.25) is 6.79 Å². The molecule has 31 heavy (non-hydrogen) atoms. The molecule has 0 radical (unpaired) electrons. The van der Waals surface area contributed by atoms with Crippen LogP contribution in [0.5, 0.6) is 11.5 Å². The summed E-state index contributed by atoms with van der Waals surface area (Å²) in [7, 11) is 0. The smallest absolute Gasteiger partial charge is 0.329 e. The van der Waals surface area contributed by atoms with Crippen LogP contribution >= 0.6 is 23.4 Å². The zero-order valence-electron chi connectivity index (χ0n) is 16.7. The molecular formula is C21H21ClN2O6S. The molecule has 2 aromatic rings. The molecule has 1 aliphatic rings. The molecular weight excluding hydrogens is 444 g/mol. The fourth-order valence-electron chi connectivity index (χ4n) is 2.74. The maximum atomic E-state index is 12.5. The van der Waals surface area contributed by atoms with Crippen LogP contribution in [0.2, 0.25) is 5.02 Å². The SMILES string of the molecule is CSCC[C@H](NC(=O)c1ccc(Cl)cc1)C(=O)OCC(=O)Nc1ccc2c(c1)OCO2. The van der Waals surface area contributed by atoms with Crippen molar-refractivity contribution < 1.29 is 28.6 Å². The summed E-state index contributed by atoms with van der Waals surface area (Å²) in [4.78, 5) is 37.1. The molecule has 8 nitrogen and oxygen atoms in total. The van der Waals surface area contributed by atoms with Crippen molar-refractivity contribution in [3.05, 3.63) is 53.1 Å². The molecule has 0 aromatic heterocycles. The molecule has 0 aliphatic carbocycles. The first kappa shape index (κ1) is 22.8. The number of carbonyl (C=O) groups excluding carboxylic acids is 3. The molecule has 1 heterocycles. The van der Waals surface area contributed by atoms with Crippen LogP contribution in [-0.2, 0) is 14.3 Å². The van der Waals surface area contributed by atoms with Gasteiger partial charge in [0.15, 0.2) is 18.1 Å². The fourth-order valence-corrected chi connectivity index (χ4v) is 3.33. The van der Waals surface area contributed by atoms with E-state index in [9.17, 15) is 14.4 Å². The summed E-state index contributed by atoms with van der Waals surface area (Å²) in [5, 5.41) is 5.79. The van der Waals surface area contributed by atoms with Crippen molar-refractivity contribution in [1.29, 1.82) is 0 Å². The zero-order valence-corrected chi connectivity index (χ0v) is 18.3. The number of amides is 2. The Kier molecular flexibility index (Phi) is 8.02. The molecule has 164 valence electrons. The zero-order chi connectivity index (χ0) is 22.2. The number of hydrogen-bond acceptors (Lipinski definition) is 7. The maximum Gasteiger partial charge on any atom is 0.329 e. The third-order valence-electron chi connectivity index (χ3n) is 4.31. The molecule has 0 unspecified atom stereocenters. The van der Waals surface area contributed by atoms with Crippen molar-refractivity contribution in [3.8, 4) is 11.5 Å². The number of fused-ring (bicyclic) bond motifs is 1. The Morgan fingerprint density at radius 2 is 1.87 bits per heavy atom. The summed E-state index contributed by atoms with van der Waals surface area (Å²) in [6, 6.07) is 10.4. The number of thioether (sulfide) groups is 1. The fraction of sp³-hybridized carbons (Fsp3) is 0.286. The topological polar surface area (TPSA) is 103 Å². The minimum atomic E-state index is -0.881. The molecule has 2 amide bonds. The molecule has 0 spiro atoms. The highest BCUT2D eigenvalue weighted by molar-refractivity contribution is 7.98. The van der Waals surface area contributed by atoms with Gasteiger partial charge in [-0.15, -0.1) is 0 Å². The molecule has 3 rings (SSSR count). The Labute approximate surface area is 188 Å². The predicted octanol–water partition coefficient (Wildman–Crippen LogP) is 3.10. The quantitative estimate of drug-likeness (QED) is 0.549. The summed E-state index contributed by atoms with van der Waals surface area (Å²) < 4.78 is 15.6. The minimum absolute atomic E-state index is 0.128. The lowest BCUT2D eigenvalue weighted by molar-refractivity contribution is -0.149. The second kappa shape index (κ2) is 10.9. The van der Waals surface area contributed by atoms with E-state index in [1.54, 1.807) is 42.5 Å². The van der Waals surface area contributed by atoms with Crippen LogP contribution in [0.1, 0.15) is 16.8 Å². The van der Waals surface area contributed by atoms with Gasteiger partial charge in [0.25, 0.3) is 11.8 Å². The number of ether oxygens (including phenoxy) is 3. The molecule has 0 fully saturated rings. The van der Waals surface area contributed by atoms with E-state index < -0.39 is 30.4 Å². The van der Waals surface area contributed by atoms with Gasteiger partial charge in [-0.05, 0) is 54.8 Å². The van der Waals surface area contributed by atoms with Crippen LogP contribution in [0.25, 0.3) is 0 Å². The van der Waals surface area contributed by atoms with Gasteiger partial charge in [-0.1, -0.05) is 11.6 Å². The summed E-state index contributed by atoms with van der Waals surface area (Å²) >= 11 is 7.37. The highest BCUT2D eigenvalue weighted by Crippen LogP contribution is 2.34. The molecule has 1 atom stereocenters. The lowest BCUT2D eigenvalue weighted by atomic mass is 10.1. The normalized spacial score (nSPS) is 12.7. The van der Waals surface area contributed by atoms with Crippen molar-refractivity contribution in [2.75, 3.05) is 30.7 Å². The third-order valence-corrected chi connectivity index (χ3v) is 5.20. The number of nitrogens with one attached hydrogen (secondary N) is 2. The van der Waals surface area contributed by atoms with Gasteiger partial charge in [0, 0.05) is 22.3 Å². The van der Waals surface area contributed by atoms with Crippen LogP contribution in [0.3, 0.4) is 0 Å². The minimum Gasteiger partial charge on any atom is -0.454 e. The predicted molar refractivity (Wildman–Crippen MR) is 118 cm³/mol. The monoisotopic (exact) mass is 464 g/mol. The van der Waals surface area contributed by atoms with E-state index in [1.165, 1.54) is 11.8 Å². The first-order chi connectivity index (χ1) is 15.0. The van der Waals surface area contributed by atoms with Gasteiger partial charge in [-0.2, -0.15) is 11.8 Å². The molecule has 1 aliphatic heterocycles. The summed E-state index contributed by atoms with van der Waals surface area (Å²) in [6.07, 6.45) is 2.26. The summed E-state index contributed by atoms with van der Waals surface area (Å²) in [6.45, 7) is -0.358. The van der Waals surface area contributed by atoms with E-state index in [4.69, 9.17) is 25.8 Å². The van der Waals surface area contributed by atoms with Crippen LogP contribution in [0.15, 0.2) is 42.5 Å². The molecule has 2 N–H and O–H groups in total. The number of halogens is 1. The van der Waals surface area contributed by atoms with E-state index >= 15 is 0 Å². The standard InChI is InChI=1S/C21H21ClN2O6S/c1-31-9-8-16(24-20(26)13-2-4-14(22)5-3-13)21(27)28-11-19(25)23-15-6-7-17-18(10-15)30-12-29-17/h2-7,10,16H,8-9,11-12H2,1H3,(H,23,25)(H,24,26)/t16-/m0/s1. The summed E-state index contributed by atoms with van der Waals surface area (Å²) in [5.74, 6) is 0.125. The van der Waals surface area contributed by atoms with Crippen molar-refractivity contribution in [2.45, 2.75) is 12.5 Å². The van der Waals surface area contributed by atoms with E-state index in [1.807, 2.05) is 6.26 Å². The number of rotatable bonds is 9. The van der Waals surface area contributed by atoms with Crippen molar-refractivity contribution >= 4 is 46.8 Å². The Balaban J connectivity index is 1.53. The van der Waals surface area contributed by atoms with Crippen molar-refractivity contribution in [2.24, 2.45) is 0 Å². The van der Waals surface area contributed by atoms with Crippen LogP contribution in [0.4, 0.5) is 5.69 Å². The van der Waals surface area contributed by atoms with Gasteiger partial charge in [-0.3, -0.25) is 9.59 Å². The Bertz CT molecular complexity index is 953. The van der Waals surface area contributed by atoms with Crippen molar-refractivity contribution in [3.63, 3.8) is 0 Å². The van der Waals surface area contributed by atoms with E-state index in [0.29, 0.717) is 39.9 Å². The largest absolute Gasteiger partial charge is 0.454 e. The second-order valence-electron chi connectivity index (χ2n) is 6.54. The van der Waals surface area contributed by atoms with E-state index in [2.05, 4.69) is 10.6 Å². The van der Waals surface area contributed by atoms with Crippen LogP contribution in [0, 0.1) is 0 Å². The van der Waals surface area contributed by atoms with Gasteiger partial charge >= 0.3 is 5.97 Å². The van der Waals surface area contributed by atoms with Crippen LogP contribution < -0.4 is 20.1 Å². The average Bonchev–Trinajstić information content (AvgIpc) is 3.23. The lowest BCUT2D eigenvalue weighted by Crippen LogP contribution is -2.43. The summed E-state index contributed by atoms with van der Waals surface area (Å²) in [5.41, 5.74) is 0.854. The Hall–Kier alpha value is -2.91. The van der Waals surface area contributed by atoms with E-state index in [-0.39, 0.29) is 6.79 Å². The second-order valence-corrected chi connectivity index (χ2v) is 7.96. The average molecular weight is 465 g/mol. The first-order valence-electron chi connectivity index (χ1n) is 9.38. The van der Waals surface area contributed by atoms with Crippen LogP contribution in [-0.4, -0.2) is 49.2 Å². The van der Waals surface area contributed by atoms with Crippen molar-refractivity contribution in [1.82, 2.24) is 5.32 Å². The lowest BCUT2D eigenvalue weighted by Gasteiger charge is -2.17. The van der Waals surface area contributed by atoms with E-state index in [0.717, 1.165) is 0 Å². The third kappa shape index (κ3) is 6.53. The molecule has 0 saturated carbocycles. The number of esters is 1. The highest BCUT2D eigenvalue weighted by Gasteiger charge is 2.23. The number of hydrogen-bond donors (Lipinski definition) is 2. The molecule has 0 saturated heterocycles. The van der Waals surface area contributed by atoms with Gasteiger partial charge in [-0.25, -0.2) is 4.79 Å². The van der Waals surface area contributed by atoms with Gasteiger partial charge < -0.3 is 24.8 Å².